The van der Waals surface area contributed by atoms with Crippen molar-refractivity contribution in [1.82, 2.24) is 10.2 Å². The van der Waals surface area contributed by atoms with Crippen molar-refractivity contribution in [2.45, 2.75) is 47.0 Å². The van der Waals surface area contributed by atoms with Crippen LogP contribution < -0.4 is 10.2 Å². The Labute approximate surface area is 214 Å². The van der Waals surface area contributed by atoms with Crippen molar-refractivity contribution in [2.75, 3.05) is 37.6 Å². The first-order valence-corrected chi connectivity index (χ1v) is 14.9. The molecule has 2 aliphatic heterocycles. The lowest BCUT2D eigenvalue weighted by Gasteiger charge is -2.35. The Kier molecular flexibility index (Phi) is 11.7. The molecule has 1 atom stereocenters. The van der Waals surface area contributed by atoms with Gasteiger partial charge >= 0.3 is 0 Å². The van der Waals surface area contributed by atoms with Gasteiger partial charge in [0.2, 0.25) is 11.8 Å². The number of amides is 2. The fraction of sp³-hybridized carbons (Fsp3) is 0.560. The summed E-state index contributed by atoms with van der Waals surface area (Å²) in [5.74, 6) is 3.22. The third kappa shape index (κ3) is 8.62. The monoisotopic (exact) mass is 583 g/mol. The second-order valence-corrected chi connectivity index (χ2v) is 10.4. The molecule has 0 aliphatic carbocycles. The highest BCUT2D eigenvalue weighted by Crippen LogP contribution is 2.23. The number of piperazine rings is 1. The van der Waals surface area contributed by atoms with E-state index in [2.05, 4.69) is 66.6 Å². The van der Waals surface area contributed by atoms with E-state index >= 15 is 0 Å². The maximum atomic E-state index is 12.3. The molecule has 6 nitrogen and oxygen atoms in total. The summed E-state index contributed by atoms with van der Waals surface area (Å²) in [4.78, 5) is 38.3. The molecule has 3 rings (SSSR count). The summed E-state index contributed by atoms with van der Waals surface area (Å²) < 4.78 is 0. The Morgan fingerprint density at radius 1 is 1.24 bits per heavy atom. The van der Waals surface area contributed by atoms with E-state index < -0.39 is 0 Å². The van der Waals surface area contributed by atoms with Gasteiger partial charge in [-0.15, -0.1) is 0 Å². The van der Waals surface area contributed by atoms with Crippen molar-refractivity contribution >= 4 is 53.4 Å². The number of carbonyl (C=O) groups is 3. The number of Topliss-reactive ketones (excluding diaryl/α,β-unsaturated/α-hetero) is 1. The number of hydrogen-bond acceptors (Lipinski definition) is 6. The molecule has 2 aliphatic rings. The number of carbonyl (C=O) groups excluding carboxylic acids is 3. The number of rotatable bonds is 5. The number of ketones is 1. The summed E-state index contributed by atoms with van der Waals surface area (Å²) in [5, 5.41) is 5.30. The van der Waals surface area contributed by atoms with E-state index in [4.69, 9.17) is 0 Å². The van der Waals surface area contributed by atoms with Crippen LogP contribution in [-0.2, 0) is 16.0 Å². The highest BCUT2D eigenvalue weighted by atomic mass is 127. The van der Waals surface area contributed by atoms with Crippen LogP contribution in [0, 0.1) is 23.0 Å². The Balaban J connectivity index is 0.000000357. The van der Waals surface area contributed by atoms with Crippen LogP contribution in [0.25, 0.3) is 0 Å². The molecule has 8 heteroatoms. The highest BCUT2D eigenvalue weighted by molar-refractivity contribution is 14.2. The van der Waals surface area contributed by atoms with Gasteiger partial charge in [0.1, 0.15) is 0 Å². The van der Waals surface area contributed by atoms with E-state index in [0.717, 1.165) is 44.7 Å². The summed E-state index contributed by atoms with van der Waals surface area (Å²) in [5.41, 5.74) is 3.29. The number of hydrogen-bond donors (Lipinski definition) is 1. The Hall–Kier alpha value is -1.57. The first-order chi connectivity index (χ1) is 15.8. The van der Waals surface area contributed by atoms with Gasteiger partial charge in [-0.3, -0.25) is 24.6 Å². The predicted molar refractivity (Wildman–Crippen MR) is 145 cm³/mol. The fourth-order valence-electron chi connectivity index (χ4n) is 3.76. The van der Waals surface area contributed by atoms with Crippen LogP contribution in [0.1, 0.15) is 56.5 Å². The number of nitrogens with zero attached hydrogens (tertiary/aromatic N) is 2. The van der Waals surface area contributed by atoms with Crippen molar-refractivity contribution in [2.24, 2.45) is 11.8 Å². The number of halogens is 1. The first kappa shape index (κ1) is 27.7. The van der Waals surface area contributed by atoms with Crippen molar-refractivity contribution in [3.63, 3.8) is 0 Å². The van der Waals surface area contributed by atoms with Crippen molar-refractivity contribution in [3.05, 3.63) is 29.3 Å². The van der Waals surface area contributed by atoms with E-state index in [1.54, 1.807) is 8.93 Å². The predicted octanol–water partition coefficient (Wildman–Crippen LogP) is 4.31. The maximum absolute atomic E-state index is 12.3. The van der Waals surface area contributed by atoms with Crippen LogP contribution in [-0.4, -0.2) is 55.2 Å². The summed E-state index contributed by atoms with van der Waals surface area (Å²) in [6.45, 7) is 12.8. The molecule has 1 N–H and O–H groups in total. The standard InChI is InChI=1S/C19H25IN2OS.C6H9NO2/c1-4-16-14-17(6-7-18(16)19(23)15(2)3)22-11-9-21(10-12-22)8-5-13-24-20;1-4-2-3-5(8)7-6(4)9/h6-7,14-15H,4,8-12H2,1-3H3;4H,2-3H2,1H3,(H,7,8,9). The lowest BCUT2D eigenvalue weighted by molar-refractivity contribution is -0.135. The second kappa shape index (κ2) is 14.0. The molecule has 1 aromatic carbocycles. The molecule has 180 valence electrons. The maximum Gasteiger partial charge on any atom is 0.229 e. The molecule has 0 bridgehead atoms. The van der Waals surface area contributed by atoms with Crippen LogP contribution in [0.4, 0.5) is 5.69 Å². The quantitative estimate of drug-likeness (QED) is 0.241. The number of piperidine rings is 1. The molecule has 2 saturated heterocycles. The SMILES string of the molecule is CC1CCC(=O)NC1=O.CCc1cc(N2CCN(CC#CSI)CC2)ccc1C(=O)C(C)C. The lowest BCUT2D eigenvalue weighted by Crippen LogP contribution is -2.46. The molecule has 0 spiro atoms. The van der Waals surface area contributed by atoms with Crippen LogP contribution in [0.15, 0.2) is 18.2 Å². The van der Waals surface area contributed by atoms with Crippen LogP contribution in [0.2, 0.25) is 0 Å². The third-order valence-electron chi connectivity index (χ3n) is 5.93. The molecular weight excluding hydrogens is 549 g/mol. The zero-order chi connectivity index (χ0) is 24.4. The summed E-state index contributed by atoms with van der Waals surface area (Å²) in [6, 6.07) is 6.33. The number of anilines is 1. The minimum atomic E-state index is -0.141. The molecular formula is C25H34IN3O3S. The van der Waals surface area contributed by atoms with E-state index in [1.165, 1.54) is 11.3 Å². The van der Waals surface area contributed by atoms with Gasteiger partial charge in [0.05, 0.1) is 6.54 Å². The minimum Gasteiger partial charge on any atom is -0.369 e. The summed E-state index contributed by atoms with van der Waals surface area (Å²) in [6.07, 6.45) is 2.09. The zero-order valence-electron chi connectivity index (χ0n) is 19.9. The van der Waals surface area contributed by atoms with Gasteiger partial charge in [-0.25, -0.2) is 0 Å². The van der Waals surface area contributed by atoms with Crippen molar-refractivity contribution in [1.29, 1.82) is 0 Å². The van der Waals surface area contributed by atoms with Crippen LogP contribution in [0.3, 0.4) is 0 Å². The van der Waals surface area contributed by atoms with Gasteiger partial charge in [-0.2, -0.15) is 0 Å². The molecule has 0 saturated carbocycles. The first-order valence-electron chi connectivity index (χ1n) is 11.5. The fourth-order valence-corrected chi connectivity index (χ4v) is 4.34. The largest absolute Gasteiger partial charge is 0.369 e. The normalized spacial score (nSPS) is 18.7. The molecule has 2 amide bonds. The van der Waals surface area contributed by atoms with Gasteiger partial charge in [0.25, 0.3) is 0 Å². The molecule has 33 heavy (non-hydrogen) atoms. The van der Waals surface area contributed by atoms with Gasteiger partial charge in [-0.1, -0.05) is 33.6 Å². The number of nitrogens with one attached hydrogen (secondary N) is 1. The molecule has 1 aromatic rings. The van der Waals surface area contributed by atoms with E-state index in [9.17, 15) is 14.4 Å². The lowest BCUT2D eigenvalue weighted by atomic mass is 9.94. The van der Waals surface area contributed by atoms with Crippen molar-refractivity contribution in [3.8, 4) is 11.2 Å². The van der Waals surface area contributed by atoms with Crippen LogP contribution >= 0.6 is 30.1 Å². The topological polar surface area (TPSA) is 69.7 Å². The second-order valence-electron chi connectivity index (χ2n) is 8.69. The van der Waals surface area contributed by atoms with Gasteiger partial charge in [0, 0.05) is 76.9 Å². The average Bonchev–Trinajstić information content (AvgIpc) is 2.81. The molecule has 0 radical (unpaired) electrons. The number of aryl methyl sites for hydroxylation is 1. The van der Waals surface area contributed by atoms with Crippen LogP contribution in [0.5, 0.6) is 0 Å². The van der Waals surface area contributed by atoms with Crippen molar-refractivity contribution < 1.29 is 14.4 Å². The van der Waals surface area contributed by atoms with E-state index in [0.29, 0.717) is 12.8 Å². The highest BCUT2D eigenvalue weighted by Gasteiger charge is 2.22. The Morgan fingerprint density at radius 3 is 2.48 bits per heavy atom. The average molecular weight is 584 g/mol. The molecule has 1 unspecified atom stereocenters. The number of imide groups is 1. The van der Waals surface area contributed by atoms with E-state index in [-0.39, 0.29) is 29.4 Å². The molecule has 2 fully saturated rings. The zero-order valence-corrected chi connectivity index (χ0v) is 22.9. The molecule has 0 aromatic heterocycles. The minimum absolute atomic E-state index is 0.0164. The van der Waals surface area contributed by atoms with E-state index in [1.807, 2.05) is 26.8 Å². The number of benzene rings is 1. The third-order valence-corrected chi connectivity index (χ3v) is 6.81. The molecule has 2 heterocycles. The summed E-state index contributed by atoms with van der Waals surface area (Å²) >= 11 is 2.20. The smallest absolute Gasteiger partial charge is 0.229 e. The Morgan fingerprint density at radius 2 is 1.94 bits per heavy atom. The Bertz CT molecular complexity index is 902. The van der Waals surface area contributed by atoms with Gasteiger partial charge in [-0.05, 0) is 50.8 Å². The van der Waals surface area contributed by atoms with Gasteiger partial charge in [0.15, 0.2) is 5.78 Å². The van der Waals surface area contributed by atoms with Gasteiger partial charge < -0.3 is 4.90 Å². The summed E-state index contributed by atoms with van der Waals surface area (Å²) in [7, 11) is 1.54.